The van der Waals surface area contributed by atoms with Crippen molar-refractivity contribution in [3.63, 3.8) is 0 Å². The number of rotatable bonds is 4. The Kier molecular flexibility index (Phi) is 4.49. The van der Waals surface area contributed by atoms with Gasteiger partial charge in [-0.2, -0.15) is 0 Å². The largest absolute Gasteiger partial charge is 0.478 e. The van der Waals surface area contributed by atoms with E-state index in [1.54, 1.807) is 24.3 Å². The van der Waals surface area contributed by atoms with Crippen LogP contribution in [0.1, 0.15) is 26.5 Å². The van der Waals surface area contributed by atoms with Crippen LogP contribution in [0, 0.1) is 13.8 Å². The first-order valence-electron chi connectivity index (χ1n) is 6.22. The summed E-state index contributed by atoms with van der Waals surface area (Å²) in [6.45, 7) is 3.84. The molecular weight excluding hydrogens is 288 g/mol. The standard InChI is InChI=1S/C15H14N2O3S/c1-9-10(2)21-15(16-9)17-14(20)12-6-3-11(4-7-12)5-8-13(18)19/h3-8H,1-2H3,(H,18,19)(H,16,17,20). The Morgan fingerprint density at radius 3 is 2.43 bits per heavy atom. The fraction of sp³-hybridized carbons (Fsp3) is 0.133. The SMILES string of the molecule is Cc1nc(NC(=O)c2ccc(C=CC(=O)O)cc2)sc1C. The summed E-state index contributed by atoms with van der Waals surface area (Å²) in [5.74, 6) is -1.25. The number of anilines is 1. The van der Waals surface area contributed by atoms with Gasteiger partial charge in [-0.05, 0) is 37.6 Å². The van der Waals surface area contributed by atoms with Gasteiger partial charge in [0.05, 0.1) is 5.69 Å². The van der Waals surface area contributed by atoms with Crippen LogP contribution in [-0.2, 0) is 4.79 Å². The Bertz CT molecular complexity index is 683. The van der Waals surface area contributed by atoms with Crippen LogP contribution in [-0.4, -0.2) is 22.0 Å². The number of carboxylic acid groups (broad SMARTS) is 1. The molecule has 108 valence electrons. The number of nitrogens with one attached hydrogen (secondary N) is 1. The molecule has 2 aromatic rings. The van der Waals surface area contributed by atoms with Crippen LogP contribution in [0.15, 0.2) is 30.3 Å². The van der Waals surface area contributed by atoms with Gasteiger partial charge in [0.15, 0.2) is 5.13 Å². The molecule has 0 fully saturated rings. The van der Waals surface area contributed by atoms with Crippen molar-refractivity contribution in [1.82, 2.24) is 4.98 Å². The van der Waals surface area contributed by atoms with Crippen LogP contribution in [0.25, 0.3) is 6.08 Å². The van der Waals surface area contributed by atoms with Crippen LogP contribution in [0.3, 0.4) is 0 Å². The van der Waals surface area contributed by atoms with Crippen molar-refractivity contribution >= 4 is 34.4 Å². The average molecular weight is 302 g/mol. The highest BCUT2D eigenvalue weighted by molar-refractivity contribution is 7.15. The predicted molar refractivity (Wildman–Crippen MR) is 82.7 cm³/mol. The number of aromatic nitrogens is 1. The highest BCUT2D eigenvalue weighted by Gasteiger charge is 2.09. The maximum absolute atomic E-state index is 12.1. The van der Waals surface area contributed by atoms with Gasteiger partial charge in [-0.1, -0.05) is 12.1 Å². The van der Waals surface area contributed by atoms with Gasteiger partial charge in [0, 0.05) is 16.5 Å². The lowest BCUT2D eigenvalue weighted by Gasteiger charge is -2.02. The molecule has 0 aliphatic heterocycles. The lowest BCUT2D eigenvalue weighted by atomic mass is 10.1. The van der Waals surface area contributed by atoms with Crippen molar-refractivity contribution in [1.29, 1.82) is 0 Å². The maximum Gasteiger partial charge on any atom is 0.328 e. The van der Waals surface area contributed by atoms with Crippen LogP contribution in [0.2, 0.25) is 0 Å². The van der Waals surface area contributed by atoms with E-state index < -0.39 is 5.97 Å². The number of carboxylic acids is 1. The molecule has 0 saturated heterocycles. The summed E-state index contributed by atoms with van der Waals surface area (Å²) in [7, 11) is 0. The van der Waals surface area contributed by atoms with E-state index in [1.165, 1.54) is 17.4 Å². The van der Waals surface area contributed by atoms with E-state index in [1.807, 2.05) is 13.8 Å². The molecule has 0 unspecified atom stereocenters. The molecular formula is C15H14N2O3S. The quantitative estimate of drug-likeness (QED) is 0.850. The van der Waals surface area contributed by atoms with Gasteiger partial charge in [0.2, 0.25) is 0 Å². The van der Waals surface area contributed by atoms with Crippen molar-refractivity contribution in [2.24, 2.45) is 0 Å². The Balaban J connectivity index is 2.07. The number of aliphatic carboxylic acids is 1. The lowest BCUT2D eigenvalue weighted by Crippen LogP contribution is -2.11. The summed E-state index contributed by atoms with van der Waals surface area (Å²) in [4.78, 5) is 27.8. The second-order valence-electron chi connectivity index (χ2n) is 4.41. The molecule has 2 N–H and O–H groups in total. The van der Waals surface area contributed by atoms with Crippen LogP contribution < -0.4 is 5.32 Å². The zero-order valence-electron chi connectivity index (χ0n) is 11.6. The van der Waals surface area contributed by atoms with Crippen LogP contribution >= 0.6 is 11.3 Å². The number of aryl methyl sites for hydroxylation is 2. The van der Waals surface area contributed by atoms with Gasteiger partial charge in [-0.3, -0.25) is 10.1 Å². The Morgan fingerprint density at radius 2 is 1.90 bits per heavy atom. The summed E-state index contributed by atoms with van der Waals surface area (Å²) >= 11 is 1.43. The minimum atomic E-state index is -1.01. The summed E-state index contributed by atoms with van der Waals surface area (Å²) in [5, 5.41) is 11.9. The Morgan fingerprint density at radius 1 is 1.24 bits per heavy atom. The Hall–Kier alpha value is -2.47. The van der Waals surface area contributed by atoms with Gasteiger partial charge in [-0.25, -0.2) is 9.78 Å². The third kappa shape index (κ3) is 4.00. The molecule has 0 aliphatic carbocycles. The molecule has 1 heterocycles. The highest BCUT2D eigenvalue weighted by atomic mass is 32.1. The minimum Gasteiger partial charge on any atom is -0.478 e. The first-order chi connectivity index (χ1) is 9.95. The van der Waals surface area contributed by atoms with Crippen molar-refractivity contribution < 1.29 is 14.7 Å². The number of carbonyl (C=O) groups excluding carboxylic acids is 1. The number of hydrogen-bond donors (Lipinski definition) is 2. The first kappa shape index (κ1) is 14.9. The zero-order valence-corrected chi connectivity index (χ0v) is 12.4. The van der Waals surface area contributed by atoms with Gasteiger partial charge in [-0.15, -0.1) is 11.3 Å². The van der Waals surface area contributed by atoms with E-state index >= 15 is 0 Å². The van der Waals surface area contributed by atoms with Crippen molar-refractivity contribution in [2.45, 2.75) is 13.8 Å². The topological polar surface area (TPSA) is 79.3 Å². The van der Waals surface area contributed by atoms with E-state index in [2.05, 4.69) is 10.3 Å². The summed E-state index contributed by atoms with van der Waals surface area (Å²) < 4.78 is 0. The van der Waals surface area contributed by atoms with Gasteiger partial charge in [0.1, 0.15) is 0 Å². The highest BCUT2D eigenvalue weighted by Crippen LogP contribution is 2.21. The van der Waals surface area contributed by atoms with Crippen molar-refractivity contribution in [3.05, 3.63) is 52.0 Å². The number of nitrogens with zero attached hydrogens (tertiary/aromatic N) is 1. The number of thiazole rings is 1. The number of benzene rings is 1. The predicted octanol–water partition coefficient (Wildman–Crippen LogP) is 3.11. The second kappa shape index (κ2) is 6.32. The first-order valence-corrected chi connectivity index (χ1v) is 7.04. The van der Waals surface area contributed by atoms with Crippen LogP contribution in [0.4, 0.5) is 5.13 Å². The lowest BCUT2D eigenvalue weighted by molar-refractivity contribution is -0.131. The van der Waals surface area contributed by atoms with Crippen molar-refractivity contribution in [2.75, 3.05) is 5.32 Å². The van der Waals surface area contributed by atoms with Crippen LogP contribution in [0.5, 0.6) is 0 Å². The fourth-order valence-electron chi connectivity index (χ4n) is 1.61. The molecule has 0 saturated carbocycles. The van der Waals surface area contributed by atoms with E-state index in [0.29, 0.717) is 10.7 Å². The van der Waals surface area contributed by atoms with E-state index in [9.17, 15) is 9.59 Å². The molecule has 2 rings (SSSR count). The third-order valence-corrected chi connectivity index (χ3v) is 3.83. The molecule has 21 heavy (non-hydrogen) atoms. The molecule has 0 radical (unpaired) electrons. The average Bonchev–Trinajstić information content (AvgIpc) is 2.75. The van der Waals surface area contributed by atoms with Crippen molar-refractivity contribution in [3.8, 4) is 0 Å². The zero-order chi connectivity index (χ0) is 15.4. The number of hydrogen-bond acceptors (Lipinski definition) is 4. The summed E-state index contributed by atoms with van der Waals surface area (Å²) in [5.41, 5.74) is 2.12. The molecule has 0 spiro atoms. The summed E-state index contributed by atoms with van der Waals surface area (Å²) in [6, 6.07) is 6.66. The minimum absolute atomic E-state index is 0.238. The molecule has 6 heteroatoms. The Labute approximate surface area is 126 Å². The normalized spacial score (nSPS) is 10.8. The third-order valence-electron chi connectivity index (χ3n) is 2.84. The molecule has 1 aromatic carbocycles. The summed E-state index contributed by atoms with van der Waals surface area (Å²) in [6.07, 6.45) is 2.52. The van der Waals surface area contributed by atoms with E-state index in [-0.39, 0.29) is 5.91 Å². The number of amides is 1. The molecule has 0 aliphatic rings. The van der Waals surface area contributed by atoms with E-state index in [4.69, 9.17) is 5.11 Å². The number of carbonyl (C=O) groups is 2. The fourth-order valence-corrected chi connectivity index (χ4v) is 2.42. The molecule has 1 amide bonds. The smallest absolute Gasteiger partial charge is 0.328 e. The van der Waals surface area contributed by atoms with E-state index in [0.717, 1.165) is 22.2 Å². The molecule has 5 nitrogen and oxygen atoms in total. The molecule has 0 atom stereocenters. The monoisotopic (exact) mass is 302 g/mol. The molecule has 1 aromatic heterocycles. The van der Waals surface area contributed by atoms with Gasteiger partial charge >= 0.3 is 5.97 Å². The van der Waals surface area contributed by atoms with Gasteiger partial charge < -0.3 is 5.11 Å². The maximum atomic E-state index is 12.1. The second-order valence-corrected chi connectivity index (χ2v) is 5.61. The van der Waals surface area contributed by atoms with Gasteiger partial charge in [0.25, 0.3) is 5.91 Å². The molecule has 0 bridgehead atoms.